The topological polar surface area (TPSA) is 68.5 Å². The first-order valence-corrected chi connectivity index (χ1v) is 11.3. The number of hydrogen-bond donors (Lipinski definition) is 0. The lowest BCUT2D eigenvalue weighted by Crippen LogP contribution is -2.16. The van der Waals surface area contributed by atoms with E-state index in [1.807, 2.05) is 29.7 Å². The van der Waals surface area contributed by atoms with Gasteiger partial charge in [-0.15, -0.1) is 6.42 Å². The van der Waals surface area contributed by atoms with E-state index in [2.05, 4.69) is 10.9 Å². The van der Waals surface area contributed by atoms with E-state index >= 15 is 0 Å². The summed E-state index contributed by atoms with van der Waals surface area (Å²) in [4.78, 5) is 17.3. The van der Waals surface area contributed by atoms with Crippen molar-refractivity contribution in [3.63, 3.8) is 0 Å². The number of thiazole rings is 1. The average molecular weight is 413 g/mol. The van der Waals surface area contributed by atoms with Crippen LogP contribution in [-0.2, 0) is 21.2 Å². The molecule has 2 aromatic carbocycles. The normalized spacial score (nSPS) is 12.2. The van der Waals surface area contributed by atoms with E-state index in [4.69, 9.17) is 6.42 Å². The first-order chi connectivity index (χ1) is 13.4. The molecular formula is C21H20N2O3S2. The van der Waals surface area contributed by atoms with Gasteiger partial charge in [0, 0.05) is 6.42 Å². The zero-order valence-corrected chi connectivity index (χ0v) is 17.1. The predicted octanol–water partition coefficient (Wildman–Crippen LogP) is 3.33. The van der Waals surface area contributed by atoms with Crippen molar-refractivity contribution in [1.29, 1.82) is 0 Å². The average Bonchev–Trinajstić information content (AvgIpc) is 2.99. The predicted molar refractivity (Wildman–Crippen MR) is 112 cm³/mol. The number of amides is 1. The minimum Gasteiger partial charge on any atom is -0.305 e. The summed E-state index contributed by atoms with van der Waals surface area (Å²) in [6.07, 6.45) is 5.75. The highest BCUT2D eigenvalue weighted by molar-refractivity contribution is 7.91. The lowest BCUT2D eigenvalue weighted by Gasteiger charge is -2.03. The van der Waals surface area contributed by atoms with E-state index in [0.717, 1.165) is 15.8 Å². The Hall–Kier alpha value is -2.69. The molecule has 0 saturated carbocycles. The van der Waals surface area contributed by atoms with Gasteiger partial charge in [0.25, 0.3) is 0 Å². The second-order valence-electron chi connectivity index (χ2n) is 6.39. The van der Waals surface area contributed by atoms with Crippen LogP contribution in [0.4, 0.5) is 0 Å². The smallest absolute Gasteiger partial charge is 0.248 e. The van der Waals surface area contributed by atoms with E-state index in [1.165, 1.54) is 11.3 Å². The van der Waals surface area contributed by atoms with Crippen molar-refractivity contribution in [2.75, 3.05) is 5.75 Å². The third-order valence-electron chi connectivity index (χ3n) is 4.21. The molecule has 0 bridgehead atoms. The number of hydrogen-bond acceptors (Lipinski definition) is 4. The zero-order valence-electron chi connectivity index (χ0n) is 15.5. The van der Waals surface area contributed by atoms with Crippen LogP contribution in [0.25, 0.3) is 10.2 Å². The van der Waals surface area contributed by atoms with Gasteiger partial charge < -0.3 is 4.57 Å². The lowest BCUT2D eigenvalue weighted by atomic mass is 10.2. The quantitative estimate of drug-likeness (QED) is 0.583. The molecule has 0 aliphatic rings. The maximum atomic E-state index is 12.3. The summed E-state index contributed by atoms with van der Waals surface area (Å²) in [5, 5.41) is 0. The van der Waals surface area contributed by atoms with Crippen LogP contribution in [0.2, 0.25) is 0 Å². The Kier molecular flexibility index (Phi) is 6.12. The van der Waals surface area contributed by atoms with E-state index in [-0.39, 0.29) is 29.4 Å². The van der Waals surface area contributed by atoms with Crippen LogP contribution in [0, 0.1) is 19.3 Å². The third kappa shape index (κ3) is 4.58. The van der Waals surface area contributed by atoms with Gasteiger partial charge in [0.05, 0.1) is 27.4 Å². The molecule has 0 aliphatic carbocycles. The molecule has 28 heavy (non-hydrogen) atoms. The summed E-state index contributed by atoms with van der Waals surface area (Å²) in [5.74, 6) is 2.15. The summed E-state index contributed by atoms with van der Waals surface area (Å²) in [6.45, 7) is 2.32. The number of fused-ring (bicyclic) bond motifs is 1. The summed E-state index contributed by atoms with van der Waals surface area (Å²) in [5.41, 5.74) is 2.05. The van der Waals surface area contributed by atoms with Crippen LogP contribution in [0.5, 0.6) is 0 Å². The van der Waals surface area contributed by atoms with Crippen LogP contribution in [0.3, 0.4) is 0 Å². The number of aryl methyl sites for hydroxylation is 1. The van der Waals surface area contributed by atoms with E-state index in [1.54, 1.807) is 30.3 Å². The summed E-state index contributed by atoms with van der Waals surface area (Å²) < 4.78 is 27.4. The van der Waals surface area contributed by atoms with E-state index in [9.17, 15) is 13.2 Å². The van der Waals surface area contributed by atoms with Crippen molar-refractivity contribution in [2.24, 2.45) is 4.99 Å². The number of nitrogens with zero attached hydrogens (tertiary/aromatic N) is 2. The fourth-order valence-electron chi connectivity index (χ4n) is 2.83. The highest BCUT2D eigenvalue weighted by Crippen LogP contribution is 2.19. The molecule has 0 unspecified atom stereocenters. The number of carbonyl (C=O) groups excluding carboxylic acids is 1. The van der Waals surface area contributed by atoms with Gasteiger partial charge in [-0.05, 0) is 43.2 Å². The van der Waals surface area contributed by atoms with Crippen molar-refractivity contribution >= 4 is 37.3 Å². The summed E-state index contributed by atoms with van der Waals surface area (Å²) in [7, 11) is -3.39. The van der Waals surface area contributed by atoms with Crippen molar-refractivity contribution < 1.29 is 13.2 Å². The molecule has 1 heterocycles. The molecule has 144 valence electrons. The number of rotatable bonds is 6. The Morgan fingerprint density at radius 1 is 1.21 bits per heavy atom. The molecule has 0 saturated heterocycles. The number of aromatic nitrogens is 1. The molecule has 1 aromatic heterocycles. The Balaban J connectivity index is 1.76. The third-order valence-corrected chi connectivity index (χ3v) is 7.07. The van der Waals surface area contributed by atoms with Gasteiger partial charge in [0.1, 0.15) is 0 Å². The van der Waals surface area contributed by atoms with Crippen LogP contribution in [0.15, 0.2) is 58.4 Å². The molecule has 1 amide bonds. The first kappa shape index (κ1) is 20.1. The van der Waals surface area contributed by atoms with E-state index in [0.29, 0.717) is 11.3 Å². The fraction of sp³-hybridized carbons (Fsp3) is 0.238. The molecule has 0 radical (unpaired) electrons. The van der Waals surface area contributed by atoms with Gasteiger partial charge in [0.2, 0.25) is 5.91 Å². The molecule has 3 aromatic rings. The Bertz CT molecular complexity index is 1210. The number of benzene rings is 2. The molecule has 7 heteroatoms. The fourth-order valence-corrected chi connectivity index (χ4v) is 5.31. The van der Waals surface area contributed by atoms with Gasteiger partial charge >= 0.3 is 0 Å². The van der Waals surface area contributed by atoms with Crippen LogP contribution in [-0.4, -0.2) is 24.6 Å². The second kappa shape index (κ2) is 8.55. The Morgan fingerprint density at radius 2 is 1.96 bits per heavy atom. The standard InChI is InChI=1S/C21H20N2O3S2/c1-3-13-23-18-12-11-16(2)15-19(18)27-21(23)22-20(24)10-7-14-28(25,26)17-8-5-4-6-9-17/h1,4-6,8-9,11-12,15H,7,10,13-14H2,2H3. The van der Waals surface area contributed by atoms with Crippen LogP contribution < -0.4 is 4.80 Å². The molecule has 0 aliphatic heterocycles. The largest absolute Gasteiger partial charge is 0.305 e. The molecular weight excluding hydrogens is 392 g/mol. The molecule has 3 rings (SSSR count). The minimum absolute atomic E-state index is 0.0649. The van der Waals surface area contributed by atoms with E-state index < -0.39 is 9.84 Å². The van der Waals surface area contributed by atoms with Crippen LogP contribution in [0.1, 0.15) is 18.4 Å². The molecule has 0 atom stereocenters. The highest BCUT2D eigenvalue weighted by Gasteiger charge is 2.14. The molecule has 0 fully saturated rings. The molecule has 0 N–H and O–H groups in total. The Morgan fingerprint density at radius 3 is 2.68 bits per heavy atom. The van der Waals surface area contributed by atoms with Gasteiger partial charge in [-0.1, -0.05) is 41.5 Å². The maximum Gasteiger partial charge on any atom is 0.248 e. The Labute approximate surface area is 168 Å². The maximum absolute atomic E-state index is 12.3. The van der Waals surface area contributed by atoms with Gasteiger partial charge in [-0.3, -0.25) is 4.79 Å². The number of carbonyl (C=O) groups is 1. The molecule has 0 spiro atoms. The van der Waals surface area contributed by atoms with Crippen molar-refractivity contribution in [2.45, 2.75) is 31.2 Å². The number of terminal acetylenes is 1. The van der Waals surface area contributed by atoms with Gasteiger partial charge in [-0.2, -0.15) is 4.99 Å². The molecule has 5 nitrogen and oxygen atoms in total. The first-order valence-electron chi connectivity index (χ1n) is 8.79. The van der Waals surface area contributed by atoms with Gasteiger partial charge in [0.15, 0.2) is 14.6 Å². The highest BCUT2D eigenvalue weighted by atomic mass is 32.2. The monoisotopic (exact) mass is 412 g/mol. The summed E-state index contributed by atoms with van der Waals surface area (Å²) >= 11 is 1.40. The lowest BCUT2D eigenvalue weighted by molar-refractivity contribution is -0.118. The van der Waals surface area contributed by atoms with Crippen molar-refractivity contribution in [3.05, 3.63) is 58.9 Å². The van der Waals surface area contributed by atoms with Crippen molar-refractivity contribution in [3.8, 4) is 12.3 Å². The second-order valence-corrected chi connectivity index (χ2v) is 9.51. The zero-order chi connectivity index (χ0) is 20.1. The minimum atomic E-state index is -3.39. The number of sulfone groups is 1. The van der Waals surface area contributed by atoms with Crippen molar-refractivity contribution in [1.82, 2.24) is 4.57 Å². The van der Waals surface area contributed by atoms with Gasteiger partial charge in [-0.25, -0.2) is 8.42 Å². The summed E-state index contributed by atoms with van der Waals surface area (Å²) in [6, 6.07) is 14.2. The van der Waals surface area contributed by atoms with Crippen LogP contribution >= 0.6 is 11.3 Å². The SMILES string of the molecule is C#CCn1c(=NC(=O)CCCS(=O)(=O)c2ccccc2)sc2cc(C)ccc21.